The van der Waals surface area contributed by atoms with E-state index >= 15 is 0 Å². The lowest BCUT2D eigenvalue weighted by Crippen LogP contribution is -2.24. The molecule has 0 unspecified atom stereocenters. The van der Waals surface area contributed by atoms with Crippen molar-refractivity contribution in [2.45, 2.75) is 42.7 Å². The van der Waals surface area contributed by atoms with E-state index in [9.17, 15) is 0 Å². The van der Waals surface area contributed by atoms with Crippen LogP contribution in [0, 0.1) is 0 Å². The van der Waals surface area contributed by atoms with Crippen LogP contribution in [-0.4, -0.2) is 10.1 Å². The monoisotopic (exact) mass is 164 g/mol. The van der Waals surface area contributed by atoms with Gasteiger partial charge < -0.3 is 0 Å². The molecule has 0 radical (unpaired) electrons. The highest BCUT2D eigenvalue weighted by molar-refractivity contribution is 7.80. The van der Waals surface area contributed by atoms with E-state index in [0.29, 0.717) is 5.25 Å². The SMILES string of the molecule is CC1(Cl)CCC(S)CC1. The Balaban J connectivity index is 2.35. The zero-order valence-electron chi connectivity index (χ0n) is 5.73. The molecule has 9 heavy (non-hydrogen) atoms. The molecule has 0 heterocycles. The molecule has 0 aromatic rings. The second-order valence-electron chi connectivity index (χ2n) is 3.14. The molecule has 0 aliphatic heterocycles. The summed E-state index contributed by atoms with van der Waals surface area (Å²) in [5.41, 5.74) is 0. The number of alkyl halides is 1. The van der Waals surface area contributed by atoms with E-state index in [1.165, 1.54) is 12.8 Å². The fourth-order valence-corrected chi connectivity index (χ4v) is 1.68. The highest BCUT2D eigenvalue weighted by atomic mass is 35.5. The highest BCUT2D eigenvalue weighted by Gasteiger charge is 2.26. The molecule has 0 saturated heterocycles. The molecular formula is C7H13ClS. The maximum absolute atomic E-state index is 6.10. The van der Waals surface area contributed by atoms with E-state index in [1.54, 1.807) is 0 Å². The van der Waals surface area contributed by atoms with Crippen molar-refractivity contribution in [1.29, 1.82) is 0 Å². The maximum Gasteiger partial charge on any atom is 0.0419 e. The lowest BCUT2D eigenvalue weighted by molar-refractivity contribution is 0.424. The lowest BCUT2D eigenvalue weighted by atomic mass is 9.90. The molecule has 1 saturated carbocycles. The Morgan fingerprint density at radius 1 is 1.44 bits per heavy atom. The van der Waals surface area contributed by atoms with Crippen LogP contribution < -0.4 is 0 Å². The molecule has 1 aliphatic rings. The van der Waals surface area contributed by atoms with Crippen LogP contribution in [0.3, 0.4) is 0 Å². The van der Waals surface area contributed by atoms with Crippen molar-refractivity contribution in [1.82, 2.24) is 0 Å². The van der Waals surface area contributed by atoms with E-state index in [2.05, 4.69) is 19.6 Å². The first-order valence-corrected chi connectivity index (χ1v) is 4.37. The average Bonchev–Trinajstić information content (AvgIpc) is 1.78. The largest absolute Gasteiger partial charge is 0.176 e. The first-order chi connectivity index (χ1) is 4.10. The van der Waals surface area contributed by atoms with Crippen LogP contribution in [0.1, 0.15) is 32.6 Å². The molecule has 0 atom stereocenters. The third-order valence-corrected chi connectivity index (χ3v) is 2.89. The fraction of sp³-hybridized carbons (Fsp3) is 1.00. The minimum Gasteiger partial charge on any atom is -0.176 e. The third-order valence-electron chi connectivity index (χ3n) is 2.00. The second kappa shape index (κ2) is 2.71. The van der Waals surface area contributed by atoms with E-state index < -0.39 is 0 Å². The fourth-order valence-electron chi connectivity index (χ4n) is 1.20. The molecule has 1 rings (SSSR count). The van der Waals surface area contributed by atoms with Crippen LogP contribution in [0.25, 0.3) is 0 Å². The summed E-state index contributed by atoms with van der Waals surface area (Å²) in [4.78, 5) is 0.0826. The van der Waals surface area contributed by atoms with Crippen LogP contribution in [0.5, 0.6) is 0 Å². The van der Waals surface area contributed by atoms with Gasteiger partial charge in [-0.3, -0.25) is 0 Å². The van der Waals surface area contributed by atoms with Gasteiger partial charge in [0.1, 0.15) is 0 Å². The standard InChI is InChI=1S/C7H13ClS/c1-7(8)4-2-6(9)3-5-7/h6,9H,2-5H2,1H3. The van der Waals surface area contributed by atoms with Crippen LogP contribution in [0.15, 0.2) is 0 Å². The Labute approximate surface area is 67.4 Å². The summed E-state index contributed by atoms with van der Waals surface area (Å²) >= 11 is 10.5. The molecule has 0 amide bonds. The van der Waals surface area contributed by atoms with E-state index in [1.807, 2.05) is 0 Å². The smallest absolute Gasteiger partial charge is 0.0419 e. The van der Waals surface area contributed by atoms with Gasteiger partial charge in [-0.2, -0.15) is 12.6 Å². The molecule has 0 N–H and O–H groups in total. The molecular weight excluding hydrogens is 152 g/mol. The number of halogens is 1. The van der Waals surface area contributed by atoms with Crippen molar-refractivity contribution in [3.63, 3.8) is 0 Å². The van der Waals surface area contributed by atoms with Crippen LogP contribution >= 0.6 is 24.2 Å². The van der Waals surface area contributed by atoms with Crippen LogP contribution in [0.4, 0.5) is 0 Å². The summed E-state index contributed by atoms with van der Waals surface area (Å²) in [5, 5.41) is 0.608. The lowest BCUT2D eigenvalue weighted by Gasteiger charge is -2.29. The van der Waals surface area contributed by atoms with Gasteiger partial charge in [0.05, 0.1) is 0 Å². The summed E-state index contributed by atoms with van der Waals surface area (Å²) in [6, 6.07) is 0. The first kappa shape index (κ1) is 7.74. The molecule has 0 aromatic heterocycles. The second-order valence-corrected chi connectivity index (χ2v) is 4.79. The highest BCUT2D eigenvalue weighted by Crippen LogP contribution is 2.35. The summed E-state index contributed by atoms with van der Waals surface area (Å²) in [5.74, 6) is 0. The van der Waals surface area contributed by atoms with Gasteiger partial charge in [0.2, 0.25) is 0 Å². The molecule has 54 valence electrons. The van der Waals surface area contributed by atoms with E-state index in [4.69, 9.17) is 11.6 Å². The molecule has 0 bridgehead atoms. The molecule has 0 aromatic carbocycles. The van der Waals surface area contributed by atoms with Crippen molar-refractivity contribution >= 4 is 24.2 Å². The van der Waals surface area contributed by atoms with Crippen molar-refractivity contribution in [2.24, 2.45) is 0 Å². The van der Waals surface area contributed by atoms with E-state index in [0.717, 1.165) is 12.8 Å². The average molecular weight is 165 g/mol. The summed E-state index contributed by atoms with van der Waals surface area (Å²) in [6.07, 6.45) is 4.62. The van der Waals surface area contributed by atoms with Crippen molar-refractivity contribution in [3.8, 4) is 0 Å². The van der Waals surface area contributed by atoms with Gasteiger partial charge in [-0.1, -0.05) is 0 Å². The topological polar surface area (TPSA) is 0 Å². The van der Waals surface area contributed by atoms with Crippen LogP contribution in [0.2, 0.25) is 0 Å². The van der Waals surface area contributed by atoms with Crippen molar-refractivity contribution in [3.05, 3.63) is 0 Å². The summed E-state index contributed by atoms with van der Waals surface area (Å²) < 4.78 is 0. The number of hydrogen-bond acceptors (Lipinski definition) is 1. The molecule has 0 spiro atoms. The normalized spacial score (nSPS) is 45.0. The first-order valence-electron chi connectivity index (χ1n) is 3.47. The Morgan fingerprint density at radius 3 is 2.22 bits per heavy atom. The van der Waals surface area contributed by atoms with Crippen LogP contribution in [-0.2, 0) is 0 Å². The van der Waals surface area contributed by atoms with Gasteiger partial charge in [-0.25, -0.2) is 0 Å². The van der Waals surface area contributed by atoms with Gasteiger partial charge in [0, 0.05) is 10.1 Å². The van der Waals surface area contributed by atoms with Crippen molar-refractivity contribution < 1.29 is 0 Å². The Morgan fingerprint density at radius 2 is 1.89 bits per heavy atom. The zero-order chi connectivity index (χ0) is 6.91. The predicted molar refractivity (Wildman–Crippen MR) is 45.5 cm³/mol. The number of rotatable bonds is 0. The van der Waals surface area contributed by atoms with Gasteiger partial charge >= 0.3 is 0 Å². The van der Waals surface area contributed by atoms with Gasteiger partial charge in [0.25, 0.3) is 0 Å². The van der Waals surface area contributed by atoms with Gasteiger partial charge in [-0.05, 0) is 32.6 Å². The molecule has 1 aliphatic carbocycles. The number of hydrogen-bond donors (Lipinski definition) is 1. The maximum atomic E-state index is 6.10. The molecule has 0 nitrogen and oxygen atoms in total. The molecule has 1 fully saturated rings. The molecule has 2 heteroatoms. The zero-order valence-corrected chi connectivity index (χ0v) is 7.38. The summed E-state index contributed by atoms with van der Waals surface area (Å²) in [6.45, 7) is 2.12. The minimum atomic E-state index is 0.0826. The van der Waals surface area contributed by atoms with E-state index in [-0.39, 0.29) is 4.87 Å². The Kier molecular flexibility index (Phi) is 2.33. The minimum absolute atomic E-state index is 0.0826. The Hall–Kier alpha value is 0.640. The quantitative estimate of drug-likeness (QED) is 0.413. The van der Waals surface area contributed by atoms with Crippen molar-refractivity contribution in [2.75, 3.05) is 0 Å². The number of thiol groups is 1. The summed E-state index contributed by atoms with van der Waals surface area (Å²) in [7, 11) is 0. The Bertz CT molecular complexity index is 91.1. The van der Waals surface area contributed by atoms with Gasteiger partial charge in [0.15, 0.2) is 0 Å². The predicted octanol–water partition coefficient (Wildman–Crippen LogP) is 2.86. The third kappa shape index (κ3) is 2.38. The van der Waals surface area contributed by atoms with Gasteiger partial charge in [-0.15, -0.1) is 11.6 Å².